The van der Waals surface area contributed by atoms with Gasteiger partial charge in [-0.15, -0.1) is 0 Å². The Morgan fingerprint density at radius 2 is 2.24 bits per heavy atom. The predicted molar refractivity (Wildman–Crippen MR) is 86.5 cm³/mol. The first-order chi connectivity index (χ1) is 12.0. The maximum absolute atomic E-state index is 12.5. The average molecular weight is 347 g/mol. The minimum atomic E-state index is -0.900. The number of rotatable bonds is 5. The molecule has 1 aliphatic rings. The highest BCUT2D eigenvalue weighted by Crippen LogP contribution is 2.14. The number of carboxylic acid groups (broad SMARTS) is 1. The summed E-state index contributed by atoms with van der Waals surface area (Å²) in [6, 6.07) is 0. The molecule has 3 rings (SSSR count). The third-order valence-electron chi connectivity index (χ3n) is 4.26. The predicted octanol–water partition coefficient (Wildman–Crippen LogP) is 0.294. The molecule has 2 aromatic heterocycles. The molecule has 2 aromatic rings. The Kier molecular flexibility index (Phi) is 5.13. The minimum Gasteiger partial charge on any atom is -0.481 e. The average Bonchev–Trinajstić information content (AvgIpc) is 3.15. The van der Waals surface area contributed by atoms with Gasteiger partial charge in [0.1, 0.15) is 6.26 Å². The van der Waals surface area contributed by atoms with Crippen molar-refractivity contribution in [2.45, 2.75) is 19.9 Å². The van der Waals surface area contributed by atoms with E-state index in [9.17, 15) is 14.7 Å². The van der Waals surface area contributed by atoms with Crippen LogP contribution in [0.3, 0.4) is 0 Å². The van der Waals surface area contributed by atoms with E-state index in [2.05, 4.69) is 15.0 Å². The maximum Gasteiger partial charge on any atom is 0.309 e. The Morgan fingerprint density at radius 1 is 1.40 bits per heavy atom. The van der Waals surface area contributed by atoms with Crippen molar-refractivity contribution in [3.63, 3.8) is 0 Å². The first-order valence-corrected chi connectivity index (χ1v) is 8.12. The lowest BCUT2D eigenvalue weighted by atomic mass is 10.1. The molecular weight excluding hydrogens is 326 g/mol. The number of carboxylic acids is 1. The van der Waals surface area contributed by atoms with Crippen LogP contribution in [0.15, 0.2) is 23.2 Å². The SMILES string of the molecule is Cc1nc(CN2CCN(C(=O)Cc3cnc[nH]3)C[C@H](C(=O)O)C2)co1. The van der Waals surface area contributed by atoms with Gasteiger partial charge in [-0.05, 0) is 0 Å². The van der Waals surface area contributed by atoms with E-state index in [-0.39, 0.29) is 18.9 Å². The van der Waals surface area contributed by atoms with Gasteiger partial charge < -0.3 is 19.4 Å². The number of aromatic nitrogens is 3. The molecule has 0 aromatic carbocycles. The highest BCUT2D eigenvalue weighted by atomic mass is 16.4. The van der Waals surface area contributed by atoms with Crippen LogP contribution in [0.2, 0.25) is 0 Å². The van der Waals surface area contributed by atoms with Crippen molar-refractivity contribution >= 4 is 11.9 Å². The summed E-state index contributed by atoms with van der Waals surface area (Å²) in [5.41, 5.74) is 1.48. The standard InChI is InChI=1S/C16H21N5O4/c1-11-19-14(9-25-11)8-20-2-3-21(7-12(6-20)16(23)24)15(22)4-13-5-17-10-18-13/h5,9-10,12H,2-4,6-8H2,1H3,(H,17,18)(H,23,24)/t12-/m1/s1. The fraction of sp³-hybridized carbons (Fsp3) is 0.500. The van der Waals surface area contributed by atoms with E-state index in [1.807, 2.05) is 4.90 Å². The molecule has 3 heterocycles. The van der Waals surface area contributed by atoms with Crippen LogP contribution < -0.4 is 0 Å². The molecule has 0 saturated carbocycles. The fourth-order valence-electron chi connectivity index (χ4n) is 2.97. The summed E-state index contributed by atoms with van der Waals surface area (Å²) in [6.07, 6.45) is 4.89. The van der Waals surface area contributed by atoms with E-state index < -0.39 is 11.9 Å². The Balaban J connectivity index is 1.66. The number of hydrogen-bond donors (Lipinski definition) is 2. The lowest BCUT2D eigenvalue weighted by Gasteiger charge is -2.21. The van der Waals surface area contributed by atoms with Gasteiger partial charge in [0.15, 0.2) is 5.89 Å². The summed E-state index contributed by atoms with van der Waals surface area (Å²) in [6.45, 7) is 3.91. The van der Waals surface area contributed by atoms with Crippen LogP contribution in [0.4, 0.5) is 0 Å². The first kappa shape index (κ1) is 17.2. The Labute approximate surface area is 144 Å². The summed E-state index contributed by atoms with van der Waals surface area (Å²) in [5, 5.41) is 9.49. The lowest BCUT2D eigenvalue weighted by molar-refractivity contribution is -0.143. The van der Waals surface area contributed by atoms with Crippen molar-refractivity contribution in [1.82, 2.24) is 24.8 Å². The molecule has 9 nitrogen and oxygen atoms in total. The number of carbonyl (C=O) groups is 2. The van der Waals surface area contributed by atoms with E-state index >= 15 is 0 Å². The van der Waals surface area contributed by atoms with Crippen molar-refractivity contribution in [2.75, 3.05) is 26.2 Å². The molecule has 0 spiro atoms. The van der Waals surface area contributed by atoms with E-state index in [0.717, 1.165) is 11.4 Å². The Hall–Kier alpha value is -2.68. The zero-order valence-corrected chi connectivity index (χ0v) is 14.0. The molecule has 1 aliphatic heterocycles. The zero-order chi connectivity index (χ0) is 17.8. The molecule has 0 radical (unpaired) electrons. The number of aliphatic carboxylic acids is 1. The molecular formula is C16H21N5O4. The van der Waals surface area contributed by atoms with E-state index in [1.165, 1.54) is 6.33 Å². The van der Waals surface area contributed by atoms with E-state index in [0.29, 0.717) is 32.1 Å². The number of aryl methyl sites for hydroxylation is 1. The van der Waals surface area contributed by atoms with Gasteiger partial charge in [-0.2, -0.15) is 0 Å². The van der Waals surface area contributed by atoms with Crippen LogP contribution in [-0.2, 0) is 22.6 Å². The number of aromatic amines is 1. The number of amides is 1. The summed E-state index contributed by atoms with van der Waals surface area (Å²) in [5.74, 6) is -1.06. The van der Waals surface area contributed by atoms with Crippen LogP contribution in [0, 0.1) is 12.8 Å². The molecule has 0 bridgehead atoms. The van der Waals surface area contributed by atoms with Gasteiger partial charge in [-0.1, -0.05) is 0 Å². The van der Waals surface area contributed by atoms with Gasteiger partial charge >= 0.3 is 5.97 Å². The molecule has 0 aliphatic carbocycles. The van der Waals surface area contributed by atoms with Gasteiger partial charge in [-0.25, -0.2) is 9.97 Å². The number of carbonyl (C=O) groups excluding carboxylic acids is 1. The summed E-state index contributed by atoms with van der Waals surface area (Å²) in [7, 11) is 0. The second kappa shape index (κ2) is 7.47. The van der Waals surface area contributed by atoms with Crippen LogP contribution in [0.5, 0.6) is 0 Å². The summed E-state index contributed by atoms with van der Waals surface area (Å²) in [4.78, 5) is 38.7. The Morgan fingerprint density at radius 3 is 2.88 bits per heavy atom. The third-order valence-corrected chi connectivity index (χ3v) is 4.26. The van der Waals surface area contributed by atoms with Crippen LogP contribution in [-0.4, -0.2) is 67.9 Å². The zero-order valence-electron chi connectivity index (χ0n) is 14.0. The van der Waals surface area contributed by atoms with E-state index in [1.54, 1.807) is 24.3 Å². The van der Waals surface area contributed by atoms with Crippen LogP contribution >= 0.6 is 0 Å². The smallest absolute Gasteiger partial charge is 0.309 e. The third kappa shape index (κ3) is 4.44. The number of nitrogens with zero attached hydrogens (tertiary/aromatic N) is 4. The second-order valence-electron chi connectivity index (χ2n) is 6.22. The number of nitrogens with one attached hydrogen (secondary N) is 1. The molecule has 0 unspecified atom stereocenters. The minimum absolute atomic E-state index is 0.102. The molecule has 1 amide bonds. The highest BCUT2D eigenvalue weighted by molar-refractivity contribution is 5.79. The molecule has 134 valence electrons. The van der Waals surface area contributed by atoms with Crippen molar-refractivity contribution in [1.29, 1.82) is 0 Å². The molecule has 1 atom stereocenters. The van der Waals surface area contributed by atoms with Crippen molar-refractivity contribution < 1.29 is 19.1 Å². The monoisotopic (exact) mass is 347 g/mol. The molecule has 1 saturated heterocycles. The fourth-order valence-corrected chi connectivity index (χ4v) is 2.97. The van der Waals surface area contributed by atoms with Crippen LogP contribution in [0.1, 0.15) is 17.3 Å². The number of imidazole rings is 1. The number of H-pyrrole nitrogens is 1. The second-order valence-corrected chi connectivity index (χ2v) is 6.22. The van der Waals surface area contributed by atoms with Gasteiger partial charge in [0.2, 0.25) is 5.91 Å². The first-order valence-electron chi connectivity index (χ1n) is 8.12. The van der Waals surface area contributed by atoms with Gasteiger partial charge in [-0.3, -0.25) is 14.5 Å². The topological polar surface area (TPSA) is 116 Å². The highest BCUT2D eigenvalue weighted by Gasteiger charge is 2.30. The quantitative estimate of drug-likeness (QED) is 0.799. The molecule has 2 N–H and O–H groups in total. The van der Waals surface area contributed by atoms with Gasteiger partial charge in [0.25, 0.3) is 0 Å². The lowest BCUT2D eigenvalue weighted by Crippen LogP contribution is -2.38. The van der Waals surface area contributed by atoms with Crippen molar-refractivity contribution in [2.24, 2.45) is 5.92 Å². The summed E-state index contributed by atoms with van der Waals surface area (Å²) >= 11 is 0. The molecule has 25 heavy (non-hydrogen) atoms. The van der Waals surface area contributed by atoms with Crippen molar-refractivity contribution in [3.05, 3.63) is 36.1 Å². The summed E-state index contributed by atoms with van der Waals surface area (Å²) < 4.78 is 5.20. The Bertz CT molecular complexity index is 727. The van der Waals surface area contributed by atoms with E-state index in [4.69, 9.17) is 4.42 Å². The number of oxazole rings is 1. The number of hydrogen-bond acceptors (Lipinski definition) is 6. The normalized spacial score (nSPS) is 18.9. The maximum atomic E-state index is 12.5. The van der Waals surface area contributed by atoms with Crippen molar-refractivity contribution in [3.8, 4) is 0 Å². The van der Waals surface area contributed by atoms with Crippen LogP contribution in [0.25, 0.3) is 0 Å². The largest absolute Gasteiger partial charge is 0.481 e. The van der Waals surface area contributed by atoms with Gasteiger partial charge in [0.05, 0.1) is 24.4 Å². The van der Waals surface area contributed by atoms with Gasteiger partial charge in [0, 0.05) is 51.5 Å². The molecule has 9 heteroatoms. The molecule has 1 fully saturated rings.